The molecule has 1 atom stereocenters. The van der Waals surface area contributed by atoms with Gasteiger partial charge < -0.3 is 10.2 Å². The molecular formula is C20H29N3O2. The highest BCUT2D eigenvalue weighted by molar-refractivity contribution is 5.94. The summed E-state index contributed by atoms with van der Waals surface area (Å²) in [6.07, 6.45) is 12.8. The highest BCUT2D eigenvalue weighted by atomic mass is 16.2. The summed E-state index contributed by atoms with van der Waals surface area (Å²) in [7, 11) is 0. The van der Waals surface area contributed by atoms with Crippen molar-refractivity contribution in [3.05, 3.63) is 30.1 Å². The number of hydrogen-bond acceptors (Lipinski definition) is 3. The molecule has 3 rings (SSSR count). The highest BCUT2D eigenvalue weighted by Gasteiger charge is 2.47. The molecule has 2 heterocycles. The van der Waals surface area contributed by atoms with E-state index in [4.69, 9.17) is 0 Å². The van der Waals surface area contributed by atoms with E-state index in [1.165, 1.54) is 32.1 Å². The minimum atomic E-state index is -0.755. The zero-order valence-electron chi connectivity index (χ0n) is 15.2. The Hall–Kier alpha value is -1.91. The van der Waals surface area contributed by atoms with Gasteiger partial charge in [0.2, 0.25) is 11.8 Å². The van der Waals surface area contributed by atoms with Gasteiger partial charge in [0.05, 0.1) is 0 Å². The molecule has 5 heteroatoms. The Morgan fingerprint density at radius 1 is 1.28 bits per heavy atom. The van der Waals surface area contributed by atoms with Crippen LogP contribution in [0.25, 0.3) is 0 Å². The maximum absolute atomic E-state index is 13.1. The SMILES string of the molecule is C[C@]1(C(=O)NC2CCCCCCC2)CCC(=O)N1Cc1cccnc1. The minimum Gasteiger partial charge on any atom is -0.351 e. The molecule has 1 aromatic rings. The number of nitrogens with one attached hydrogen (secondary N) is 1. The van der Waals surface area contributed by atoms with Crippen molar-refractivity contribution in [2.45, 2.75) is 82.8 Å². The molecule has 1 N–H and O–H groups in total. The molecule has 136 valence electrons. The summed E-state index contributed by atoms with van der Waals surface area (Å²) in [4.78, 5) is 31.3. The number of aromatic nitrogens is 1. The lowest BCUT2D eigenvalue weighted by Gasteiger charge is -2.35. The van der Waals surface area contributed by atoms with Crippen molar-refractivity contribution in [3.8, 4) is 0 Å². The van der Waals surface area contributed by atoms with Gasteiger partial charge in [-0.3, -0.25) is 14.6 Å². The van der Waals surface area contributed by atoms with Gasteiger partial charge in [0, 0.05) is 31.4 Å². The van der Waals surface area contributed by atoms with E-state index in [0.717, 1.165) is 18.4 Å². The van der Waals surface area contributed by atoms with Crippen LogP contribution in [0.2, 0.25) is 0 Å². The van der Waals surface area contributed by atoms with Crippen LogP contribution in [0.5, 0.6) is 0 Å². The van der Waals surface area contributed by atoms with Crippen molar-refractivity contribution in [1.29, 1.82) is 0 Å². The number of pyridine rings is 1. The summed E-state index contributed by atoms with van der Waals surface area (Å²) in [5.41, 5.74) is 0.206. The predicted molar refractivity (Wildman–Crippen MR) is 96.7 cm³/mol. The quantitative estimate of drug-likeness (QED) is 0.913. The van der Waals surface area contributed by atoms with E-state index in [2.05, 4.69) is 10.3 Å². The monoisotopic (exact) mass is 343 g/mol. The maximum Gasteiger partial charge on any atom is 0.245 e. The molecule has 1 aliphatic carbocycles. The molecule has 0 spiro atoms. The van der Waals surface area contributed by atoms with Crippen molar-refractivity contribution in [1.82, 2.24) is 15.2 Å². The molecule has 2 fully saturated rings. The van der Waals surface area contributed by atoms with Gasteiger partial charge in [0.25, 0.3) is 0 Å². The Labute approximate surface area is 150 Å². The van der Waals surface area contributed by atoms with E-state index in [9.17, 15) is 9.59 Å². The lowest BCUT2D eigenvalue weighted by Crippen LogP contribution is -2.56. The summed E-state index contributed by atoms with van der Waals surface area (Å²) in [6.45, 7) is 2.35. The van der Waals surface area contributed by atoms with E-state index in [1.54, 1.807) is 17.3 Å². The molecule has 5 nitrogen and oxygen atoms in total. The normalized spacial score (nSPS) is 25.5. The Kier molecular flexibility index (Phi) is 5.71. The number of amides is 2. The summed E-state index contributed by atoms with van der Waals surface area (Å²) >= 11 is 0. The minimum absolute atomic E-state index is 0.00723. The average molecular weight is 343 g/mol. The first-order chi connectivity index (χ1) is 12.1. The van der Waals surface area contributed by atoms with Crippen LogP contribution < -0.4 is 5.32 Å². The molecule has 0 radical (unpaired) electrons. The fraction of sp³-hybridized carbons (Fsp3) is 0.650. The molecule has 25 heavy (non-hydrogen) atoms. The van der Waals surface area contributed by atoms with Gasteiger partial charge in [-0.15, -0.1) is 0 Å². The number of carbonyl (C=O) groups is 2. The fourth-order valence-corrected chi connectivity index (χ4v) is 4.01. The number of likely N-dealkylation sites (tertiary alicyclic amines) is 1. The second kappa shape index (κ2) is 7.98. The fourth-order valence-electron chi connectivity index (χ4n) is 4.01. The lowest BCUT2D eigenvalue weighted by atomic mass is 9.93. The van der Waals surface area contributed by atoms with Crippen LogP contribution in [0.4, 0.5) is 0 Å². The second-order valence-electron chi connectivity index (χ2n) is 7.63. The standard InChI is InChI=1S/C20H29N3O2/c1-20(19(25)22-17-9-5-3-2-4-6-10-17)12-11-18(24)23(20)15-16-8-7-13-21-14-16/h7-8,13-14,17H,2-6,9-12,15H2,1H3,(H,22,25)/t20-/m1/s1. The van der Waals surface area contributed by atoms with Crippen molar-refractivity contribution in [3.63, 3.8) is 0 Å². The molecular weight excluding hydrogens is 314 g/mol. The van der Waals surface area contributed by atoms with E-state index in [1.807, 2.05) is 19.1 Å². The molecule has 2 amide bonds. The van der Waals surface area contributed by atoms with Crippen molar-refractivity contribution in [2.24, 2.45) is 0 Å². The second-order valence-corrected chi connectivity index (χ2v) is 7.63. The first kappa shape index (κ1) is 17.9. The topological polar surface area (TPSA) is 62.3 Å². The molecule has 0 aromatic carbocycles. The smallest absolute Gasteiger partial charge is 0.245 e. The third-order valence-corrected chi connectivity index (χ3v) is 5.72. The summed E-state index contributed by atoms with van der Waals surface area (Å²) in [5, 5.41) is 3.26. The van der Waals surface area contributed by atoms with Gasteiger partial charge in [-0.05, 0) is 37.8 Å². The first-order valence-corrected chi connectivity index (χ1v) is 9.60. The van der Waals surface area contributed by atoms with Gasteiger partial charge in [-0.1, -0.05) is 38.2 Å². The predicted octanol–water partition coefficient (Wildman–Crippen LogP) is 3.19. The summed E-state index contributed by atoms with van der Waals surface area (Å²) < 4.78 is 0. The van der Waals surface area contributed by atoms with Gasteiger partial charge in [0.15, 0.2) is 0 Å². The van der Waals surface area contributed by atoms with Gasteiger partial charge in [-0.25, -0.2) is 0 Å². The Balaban J connectivity index is 1.68. The highest BCUT2D eigenvalue weighted by Crippen LogP contribution is 2.32. The van der Waals surface area contributed by atoms with Crippen molar-refractivity contribution < 1.29 is 9.59 Å². The summed E-state index contributed by atoms with van der Waals surface area (Å²) in [5.74, 6) is 0.0620. The van der Waals surface area contributed by atoms with Crippen LogP contribution in [0.3, 0.4) is 0 Å². The molecule has 1 aromatic heterocycles. The Morgan fingerprint density at radius 2 is 2.00 bits per heavy atom. The molecule has 0 unspecified atom stereocenters. The van der Waals surface area contributed by atoms with Crippen LogP contribution in [0.15, 0.2) is 24.5 Å². The third kappa shape index (κ3) is 4.20. The molecule has 1 saturated heterocycles. The van der Waals surface area contributed by atoms with Crippen molar-refractivity contribution in [2.75, 3.05) is 0 Å². The summed E-state index contributed by atoms with van der Waals surface area (Å²) in [6, 6.07) is 4.06. The maximum atomic E-state index is 13.1. The Morgan fingerprint density at radius 3 is 2.68 bits per heavy atom. The van der Waals surface area contributed by atoms with E-state index >= 15 is 0 Å². The molecule has 1 saturated carbocycles. The molecule has 0 bridgehead atoms. The number of carbonyl (C=O) groups excluding carboxylic acids is 2. The van der Waals surface area contributed by atoms with Crippen molar-refractivity contribution >= 4 is 11.8 Å². The zero-order valence-corrected chi connectivity index (χ0v) is 15.2. The molecule has 2 aliphatic rings. The zero-order chi connectivity index (χ0) is 17.7. The van der Waals surface area contributed by atoms with E-state index < -0.39 is 5.54 Å². The van der Waals surface area contributed by atoms with Gasteiger partial charge in [-0.2, -0.15) is 0 Å². The number of nitrogens with zero attached hydrogens (tertiary/aromatic N) is 2. The average Bonchev–Trinajstić information content (AvgIpc) is 2.88. The van der Waals surface area contributed by atoms with Crippen LogP contribution in [0.1, 0.15) is 70.3 Å². The Bertz CT molecular complexity index is 596. The first-order valence-electron chi connectivity index (χ1n) is 9.60. The van der Waals surface area contributed by atoms with Gasteiger partial charge >= 0.3 is 0 Å². The molecule has 1 aliphatic heterocycles. The van der Waals surface area contributed by atoms with Crippen LogP contribution >= 0.6 is 0 Å². The number of rotatable bonds is 4. The number of hydrogen-bond donors (Lipinski definition) is 1. The van der Waals surface area contributed by atoms with E-state index in [0.29, 0.717) is 19.4 Å². The largest absolute Gasteiger partial charge is 0.351 e. The van der Waals surface area contributed by atoms with Gasteiger partial charge in [0.1, 0.15) is 5.54 Å². The van der Waals surface area contributed by atoms with E-state index in [-0.39, 0.29) is 17.9 Å². The third-order valence-electron chi connectivity index (χ3n) is 5.72. The lowest BCUT2D eigenvalue weighted by molar-refractivity contribution is -0.141. The van der Waals surface area contributed by atoms with Crippen LogP contribution in [-0.4, -0.2) is 33.3 Å². The van der Waals surface area contributed by atoms with Crippen LogP contribution in [0, 0.1) is 0 Å². The van der Waals surface area contributed by atoms with Crippen LogP contribution in [-0.2, 0) is 16.1 Å².